The number of nitrogens with zero attached hydrogens (tertiary/aromatic N) is 3. The van der Waals surface area contributed by atoms with E-state index < -0.39 is 0 Å². The second-order valence-corrected chi connectivity index (χ2v) is 1.21. The van der Waals surface area contributed by atoms with Crippen molar-refractivity contribution in [1.29, 1.82) is 0 Å². The Morgan fingerprint density at radius 1 is 0.923 bits per heavy atom. The number of rotatable bonds is 0. The van der Waals surface area contributed by atoms with Crippen LogP contribution < -0.4 is 0 Å². The van der Waals surface area contributed by atoms with E-state index in [9.17, 15) is 0 Å². The van der Waals surface area contributed by atoms with Crippen molar-refractivity contribution < 1.29 is 26.7 Å². The van der Waals surface area contributed by atoms with Gasteiger partial charge in [0.15, 0.2) is 0 Å². The molecule has 1 rings (SSSR count). The molecule has 6 heteroatoms. The van der Waals surface area contributed by atoms with Crippen LogP contribution in [0.2, 0.25) is 0 Å². The van der Waals surface area contributed by atoms with Crippen LogP contribution in [0.4, 0.5) is 0 Å². The number of pyridine rings is 1. The summed E-state index contributed by atoms with van der Waals surface area (Å²) in [6.45, 7) is 0. The molecule has 1 aromatic heterocycles. The van der Waals surface area contributed by atoms with Gasteiger partial charge in [0.25, 0.3) is 0 Å². The van der Waals surface area contributed by atoms with Crippen LogP contribution in [-0.2, 0) is 26.7 Å². The quantitative estimate of drug-likeness (QED) is 0.368. The van der Waals surface area contributed by atoms with Crippen molar-refractivity contribution in [1.82, 2.24) is 4.98 Å². The molecule has 13 heavy (non-hydrogen) atoms. The Hall–Kier alpha value is -1.57. The second kappa shape index (κ2) is 22.4. The molecule has 0 aliphatic carbocycles. The molecular formula is C7H5FeN3O2. The third kappa shape index (κ3) is 37.8. The van der Waals surface area contributed by atoms with Gasteiger partial charge in [-0.1, -0.05) is 6.07 Å². The number of hydrogen-bond acceptors (Lipinski definition) is 3. The smallest absolute Gasteiger partial charge is 0.724 e. The Morgan fingerprint density at radius 3 is 1.31 bits per heavy atom. The van der Waals surface area contributed by atoms with Crippen molar-refractivity contribution in [3.63, 3.8) is 0 Å². The molecule has 68 valence electrons. The second-order valence-electron chi connectivity index (χ2n) is 1.21. The Labute approximate surface area is 85.7 Å². The van der Waals surface area contributed by atoms with Gasteiger partial charge in [-0.2, -0.15) is 0 Å². The molecule has 0 aromatic carbocycles. The van der Waals surface area contributed by atoms with Gasteiger partial charge in [0.2, 0.25) is 0 Å². The summed E-state index contributed by atoms with van der Waals surface area (Å²) in [5.74, 6) is 0. The van der Waals surface area contributed by atoms with E-state index >= 15 is 0 Å². The molecule has 0 aliphatic rings. The molecule has 0 spiro atoms. The van der Waals surface area contributed by atoms with Crippen molar-refractivity contribution >= 4 is 12.2 Å². The Morgan fingerprint density at radius 2 is 1.23 bits per heavy atom. The molecule has 1 heterocycles. The number of hydrogen-bond donors (Lipinski definition) is 0. The average molecular weight is 219 g/mol. The molecule has 1 aromatic rings. The van der Waals surface area contributed by atoms with Gasteiger partial charge < -0.3 is 10.8 Å². The van der Waals surface area contributed by atoms with Gasteiger partial charge in [-0.15, -0.1) is 0 Å². The normalized spacial score (nSPS) is 4.92. The van der Waals surface area contributed by atoms with Crippen LogP contribution >= 0.6 is 0 Å². The summed E-state index contributed by atoms with van der Waals surface area (Å²) in [7, 11) is 0. The molecule has 5 nitrogen and oxygen atoms in total. The van der Waals surface area contributed by atoms with E-state index in [1.54, 1.807) is 12.4 Å². The Kier molecular flexibility index (Phi) is 30.2. The summed E-state index contributed by atoms with van der Waals surface area (Å²) in [5.41, 5.74) is 0. The summed E-state index contributed by atoms with van der Waals surface area (Å²) in [5, 5.41) is 13.5. The molecule has 0 bridgehead atoms. The molecular weight excluding hydrogens is 214 g/mol. The van der Waals surface area contributed by atoms with Gasteiger partial charge in [-0.05, 0) is 24.3 Å². The Balaban J connectivity index is -0.000000126. The first-order valence-corrected chi connectivity index (χ1v) is 2.71. The fourth-order valence-corrected chi connectivity index (χ4v) is 0.313. The summed E-state index contributed by atoms with van der Waals surface area (Å²) in [4.78, 5) is 20.3. The molecule has 0 N–H and O–H groups in total. The topological polar surface area (TPSA) is 91.6 Å². The third-order valence-corrected chi connectivity index (χ3v) is 0.566. The maximum absolute atomic E-state index is 8.24. The van der Waals surface area contributed by atoms with Crippen LogP contribution in [-0.4, -0.2) is 17.1 Å². The maximum atomic E-state index is 8.24. The molecule has 0 radical (unpaired) electrons. The molecule has 0 fully saturated rings. The first kappa shape index (κ1) is 17.5. The summed E-state index contributed by atoms with van der Waals surface area (Å²) in [6, 6.07) is 5.72. The van der Waals surface area contributed by atoms with E-state index in [4.69, 9.17) is 20.4 Å². The van der Waals surface area contributed by atoms with Crippen LogP contribution in [0.25, 0.3) is 10.8 Å². The van der Waals surface area contributed by atoms with Gasteiger partial charge in [0.05, 0.1) is 0 Å². The third-order valence-electron chi connectivity index (χ3n) is 0.566. The van der Waals surface area contributed by atoms with Crippen LogP contribution in [0.3, 0.4) is 0 Å². The zero-order chi connectivity index (χ0) is 9.66. The summed E-state index contributed by atoms with van der Waals surface area (Å²) >= 11 is 0. The van der Waals surface area contributed by atoms with E-state index in [0.717, 1.165) is 0 Å². The van der Waals surface area contributed by atoms with Crippen molar-refractivity contribution in [2.45, 2.75) is 0 Å². The van der Waals surface area contributed by atoms with E-state index in [0.29, 0.717) is 12.2 Å². The minimum Gasteiger partial charge on any atom is -0.724 e. The largest absolute Gasteiger partial charge is 2.00 e. The van der Waals surface area contributed by atoms with Gasteiger partial charge in [0.1, 0.15) is 0 Å². The molecule has 0 unspecified atom stereocenters. The standard InChI is InChI=1S/C5H5N.2CNO.Fe/c1-2-4-6-5-3-1;2*2-1-3;/h1-5H;;;/q;2*-1;+2. The predicted octanol–water partition coefficient (Wildman–Crippen LogP) is 0.862. The first-order valence-electron chi connectivity index (χ1n) is 2.71. The maximum Gasteiger partial charge on any atom is 2.00 e. The molecule has 0 saturated carbocycles. The molecule has 0 aliphatic heterocycles. The van der Waals surface area contributed by atoms with Crippen molar-refractivity contribution in [2.24, 2.45) is 0 Å². The van der Waals surface area contributed by atoms with E-state index in [-0.39, 0.29) is 17.1 Å². The SMILES string of the molecule is [Fe+2].[N-]=C=O.[N-]=C=O.c1ccncc1. The minimum absolute atomic E-state index is 0. The molecule has 0 amide bonds. The minimum atomic E-state index is 0. The molecule has 0 atom stereocenters. The predicted molar refractivity (Wildman–Crippen MR) is 42.3 cm³/mol. The number of isocyanates is 2. The van der Waals surface area contributed by atoms with Gasteiger partial charge in [-0.3, -0.25) is 14.6 Å². The van der Waals surface area contributed by atoms with Crippen molar-refractivity contribution in [3.05, 3.63) is 41.4 Å². The van der Waals surface area contributed by atoms with Crippen LogP contribution in [0.5, 0.6) is 0 Å². The number of aromatic nitrogens is 1. The van der Waals surface area contributed by atoms with E-state index in [2.05, 4.69) is 4.98 Å². The van der Waals surface area contributed by atoms with Gasteiger partial charge >= 0.3 is 17.1 Å². The van der Waals surface area contributed by atoms with Crippen LogP contribution in [0.15, 0.2) is 30.6 Å². The van der Waals surface area contributed by atoms with Crippen LogP contribution in [0, 0.1) is 0 Å². The van der Waals surface area contributed by atoms with Gasteiger partial charge in [-0.25, -0.2) is 0 Å². The monoisotopic (exact) mass is 219 g/mol. The van der Waals surface area contributed by atoms with E-state index in [1.165, 1.54) is 0 Å². The van der Waals surface area contributed by atoms with Crippen LogP contribution in [0.1, 0.15) is 0 Å². The fraction of sp³-hybridized carbons (Fsp3) is 0. The summed E-state index contributed by atoms with van der Waals surface area (Å²) in [6.07, 6.45) is 4.50. The first-order chi connectivity index (χ1) is 5.83. The Bertz CT molecular complexity index is 202. The zero-order valence-electron chi connectivity index (χ0n) is 6.40. The number of carbonyl (C=O) groups excluding carboxylic acids is 2. The average Bonchev–Trinajstić information content (AvgIpc) is 2.10. The molecule has 0 saturated heterocycles. The van der Waals surface area contributed by atoms with Crippen molar-refractivity contribution in [3.8, 4) is 0 Å². The van der Waals surface area contributed by atoms with E-state index in [1.807, 2.05) is 18.2 Å². The van der Waals surface area contributed by atoms with Gasteiger partial charge in [0, 0.05) is 12.4 Å². The summed E-state index contributed by atoms with van der Waals surface area (Å²) < 4.78 is 0. The fourth-order valence-electron chi connectivity index (χ4n) is 0.313. The zero-order valence-corrected chi connectivity index (χ0v) is 7.50. The van der Waals surface area contributed by atoms with Crippen molar-refractivity contribution in [2.75, 3.05) is 0 Å².